The predicted molar refractivity (Wildman–Crippen MR) is 66.7 cm³/mol. The minimum Gasteiger partial charge on any atom is -0.390 e. The van der Waals surface area contributed by atoms with Crippen molar-refractivity contribution in [1.82, 2.24) is 0 Å². The van der Waals surface area contributed by atoms with Gasteiger partial charge in [0.05, 0.1) is 18.8 Å². The summed E-state index contributed by atoms with van der Waals surface area (Å²) < 4.78 is 11.4. The van der Waals surface area contributed by atoms with Crippen LogP contribution in [0.25, 0.3) is 0 Å². The van der Waals surface area contributed by atoms with E-state index in [4.69, 9.17) is 9.47 Å². The molecule has 0 amide bonds. The Kier molecular flexibility index (Phi) is 3.81. The van der Waals surface area contributed by atoms with E-state index in [1.54, 1.807) is 0 Å². The van der Waals surface area contributed by atoms with Gasteiger partial charge in [-0.05, 0) is 31.1 Å². The van der Waals surface area contributed by atoms with Gasteiger partial charge in [0.25, 0.3) is 0 Å². The van der Waals surface area contributed by atoms with Crippen LogP contribution in [0.2, 0.25) is 0 Å². The van der Waals surface area contributed by atoms with E-state index in [9.17, 15) is 5.11 Å². The molecule has 1 aliphatic heterocycles. The first kappa shape index (κ1) is 13.3. The summed E-state index contributed by atoms with van der Waals surface area (Å²) in [4.78, 5) is 0. The summed E-state index contributed by atoms with van der Waals surface area (Å²) in [5.74, 6) is 0.647. The number of hydrogen-bond acceptors (Lipinski definition) is 3. The van der Waals surface area contributed by atoms with Gasteiger partial charge in [0.2, 0.25) is 0 Å². The average molecular weight is 242 g/mol. The van der Waals surface area contributed by atoms with Gasteiger partial charge in [-0.1, -0.05) is 20.8 Å². The van der Waals surface area contributed by atoms with Crippen molar-refractivity contribution in [3.63, 3.8) is 0 Å². The molecule has 1 N–H and O–H groups in total. The fraction of sp³-hybridized carbons (Fsp3) is 1.00. The van der Waals surface area contributed by atoms with E-state index >= 15 is 0 Å². The maximum Gasteiger partial charge on any atom is 0.168 e. The summed E-state index contributed by atoms with van der Waals surface area (Å²) in [6.07, 6.45) is 4.38. The van der Waals surface area contributed by atoms with Crippen molar-refractivity contribution >= 4 is 0 Å². The lowest BCUT2D eigenvalue weighted by Crippen LogP contribution is -2.47. The van der Waals surface area contributed by atoms with Crippen LogP contribution < -0.4 is 0 Å². The molecule has 2 aliphatic rings. The first-order valence-electron chi connectivity index (χ1n) is 6.96. The van der Waals surface area contributed by atoms with Gasteiger partial charge in [-0.15, -0.1) is 0 Å². The molecule has 3 nitrogen and oxygen atoms in total. The molecule has 0 aromatic carbocycles. The van der Waals surface area contributed by atoms with E-state index in [0.29, 0.717) is 25.0 Å². The minimum absolute atomic E-state index is 0.357. The van der Waals surface area contributed by atoms with Crippen LogP contribution in [0.4, 0.5) is 0 Å². The van der Waals surface area contributed by atoms with E-state index in [1.807, 2.05) is 0 Å². The van der Waals surface area contributed by atoms with E-state index in [-0.39, 0.29) is 5.79 Å². The third kappa shape index (κ3) is 2.83. The molecule has 0 radical (unpaired) electrons. The van der Waals surface area contributed by atoms with E-state index in [1.165, 1.54) is 0 Å². The molecule has 1 saturated heterocycles. The van der Waals surface area contributed by atoms with Gasteiger partial charge < -0.3 is 14.6 Å². The zero-order valence-corrected chi connectivity index (χ0v) is 11.4. The van der Waals surface area contributed by atoms with Crippen LogP contribution >= 0.6 is 0 Å². The normalized spacial score (nSPS) is 28.8. The Morgan fingerprint density at radius 1 is 1.00 bits per heavy atom. The lowest BCUT2D eigenvalue weighted by Gasteiger charge is -2.44. The summed E-state index contributed by atoms with van der Waals surface area (Å²) in [7, 11) is 0. The average Bonchev–Trinajstić information content (AvgIpc) is 2.71. The summed E-state index contributed by atoms with van der Waals surface area (Å²) in [6, 6.07) is 0. The largest absolute Gasteiger partial charge is 0.390 e. The molecule has 3 heteroatoms. The number of rotatable bonds is 3. The quantitative estimate of drug-likeness (QED) is 0.827. The molecule has 1 spiro atoms. The first-order valence-corrected chi connectivity index (χ1v) is 6.96. The summed E-state index contributed by atoms with van der Waals surface area (Å²) in [5.41, 5.74) is -0.509. The van der Waals surface area contributed by atoms with E-state index in [0.717, 1.165) is 32.1 Å². The third-order valence-corrected chi connectivity index (χ3v) is 4.43. The van der Waals surface area contributed by atoms with Crippen molar-refractivity contribution in [3.05, 3.63) is 0 Å². The third-order valence-electron chi connectivity index (χ3n) is 4.43. The molecule has 1 atom stereocenters. The van der Waals surface area contributed by atoms with Gasteiger partial charge in [0.1, 0.15) is 0 Å². The molecule has 2 fully saturated rings. The molecule has 100 valence electrons. The highest BCUT2D eigenvalue weighted by molar-refractivity contribution is 4.94. The zero-order chi connectivity index (χ0) is 12.5. The molecular formula is C14H26O3. The fourth-order valence-electron chi connectivity index (χ4n) is 3.27. The van der Waals surface area contributed by atoms with Crippen molar-refractivity contribution in [3.8, 4) is 0 Å². The number of aliphatic hydroxyl groups is 1. The van der Waals surface area contributed by atoms with Crippen molar-refractivity contribution < 1.29 is 14.6 Å². The second-order valence-corrected chi connectivity index (χ2v) is 6.24. The summed E-state index contributed by atoms with van der Waals surface area (Å²) in [6.45, 7) is 8.02. The highest BCUT2D eigenvalue weighted by Crippen LogP contribution is 2.44. The van der Waals surface area contributed by atoms with Crippen LogP contribution in [0, 0.1) is 11.8 Å². The van der Waals surface area contributed by atoms with Crippen LogP contribution in [-0.2, 0) is 9.47 Å². The molecule has 0 bridgehead atoms. The minimum atomic E-state index is -0.509. The van der Waals surface area contributed by atoms with Crippen LogP contribution in [0.3, 0.4) is 0 Å². The Balaban J connectivity index is 1.92. The van der Waals surface area contributed by atoms with E-state index in [2.05, 4.69) is 20.8 Å². The summed E-state index contributed by atoms with van der Waals surface area (Å²) in [5, 5.41) is 10.7. The smallest absolute Gasteiger partial charge is 0.168 e. The van der Waals surface area contributed by atoms with Crippen molar-refractivity contribution in [2.45, 2.75) is 64.3 Å². The zero-order valence-electron chi connectivity index (χ0n) is 11.4. The highest BCUT2D eigenvalue weighted by atomic mass is 16.7. The van der Waals surface area contributed by atoms with Crippen LogP contribution in [0.15, 0.2) is 0 Å². The molecule has 1 unspecified atom stereocenters. The maximum absolute atomic E-state index is 10.7. The molecular weight excluding hydrogens is 216 g/mol. The van der Waals surface area contributed by atoms with Crippen molar-refractivity contribution in [2.75, 3.05) is 13.2 Å². The standard InChI is InChI=1S/C14H26O3/c1-11(2)10-12(3)13(15)4-6-14(7-5-13)16-8-9-17-14/h11-12,15H,4-10H2,1-3H3. The van der Waals surface area contributed by atoms with Gasteiger partial charge in [0.15, 0.2) is 5.79 Å². The maximum atomic E-state index is 10.7. The number of ether oxygens (including phenoxy) is 2. The summed E-state index contributed by atoms with van der Waals surface area (Å²) >= 11 is 0. The Hall–Kier alpha value is -0.120. The monoisotopic (exact) mass is 242 g/mol. The van der Waals surface area contributed by atoms with Crippen LogP contribution in [-0.4, -0.2) is 29.7 Å². The Bertz CT molecular complexity index is 246. The molecule has 17 heavy (non-hydrogen) atoms. The van der Waals surface area contributed by atoms with Gasteiger partial charge >= 0.3 is 0 Å². The van der Waals surface area contributed by atoms with Gasteiger partial charge in [0, 0.05) is 12.8 Å². The van der Waals surface area contributed by atoms with Gasteiger partial charge in [-0.25, -0.2) is 0 Å². The predicted octanol–water partition coefficient (Wildman–Crippen LogP) is 2.72. The molecule has 1 saturated carbocycles. The van der Waals surface area contributed by atoms with Gasteiger partial charge in [-0.2, -0.15) is 0 Å². The van der Waals surface area contributed by atoms with E-state index < -0.39 is 5.60 Å². The number of hydrogen-bond donors (Lipinski definition) is 1. The Morgan fingerprint density at radius 3 is 2.00 bits per heavy atom. The molecule has 1 heterocycles. The fourth-order valence-corrected chi connectivity index (χ4v) is 3.27. The topological polar surface area (TPSA) is 38.7 Å². The SMILES string of the molecule is CC(C)CC(C)C1(O)CCC2(CC1)OCCO2. The second kappa shape index (κ2) is 4.87. The molecule has 0 aromatic heterocycles. The van der Waals surface area contributed by atoms with Crippen LogP contribution in [0.5, 0.6) is 0 Å². The molecule has 1 aliphatic carbocycles. The van der Waals surface area contributed by atoms with Crippen LogP contribution in [0.1, 0.15) is 52.9 Å². The Labute approximate surface area is 104 Å². The highest BCUT2D eigenvalue weighted by Gasteiger charge is 2.47. The van der Waals surface area contributed by atoms with Crippen molar-refractivity contribution in [1.29, 1.82) is 0 Å². The lowest BCUT2D eigenvalue weighted by atomic mass is 9.72. The lowest BCUT2D eigenvalue weighted by molar-refractivity contribution is -0.210. The second-order valence-electron chi connectivity index (χ2n) is 6.24. The van der Waals surface area contributed by atoms with Crippen molar-refractivity contribution in [2.24, 2.45) is 11.8 Å². The Morgan fingerprint density at radius 2 is 1.53 bits per heavy atom. The molecule has 0 aromatic rings. The van der Waals surface area contributed by atoms with Gasteiger partial charge in [-0.3, -0.25) is 0 Å². The molecule has 2 rings (SSSR count). The first-order chi connectivity index (χ1) is 7.96.